The van der Waals surface area contributed by atoms with Gasteiger partial charge >= 0.3 is 0 Å². The van der Waals surface area contributed by atoms with Crippen molar-refractivity contribution in [3.05, 3.63) is 98.7 Å². The van der Waals surface area contributed by atoms with Crippen molar-refractivity contribution < 1.29 is 14.1 Å². The van der Waals surface area contributed by atoms with Crippen LogP contribution in [0.4, 0.5) is 5.69 Å². The summed E-state index contributed by atoms with van der Waals surface area (Å²) in [6.07, 6.45) is 1.53. The lowest BCUT2D eigenvalue weighted by molar-refractivity contribution is -0.384. The summed E-state index contributed by atoms with van der Waals surface area (Å²) < 4.78 is 6.59. The highest BCUT2D eigenvalue weighted by molar-refractivity contribution is 9.10. The summed E-state index contributed by atoms with van der Waals surface area (Å²) in [6.45, 7) is 0. The van der Waals surface area contributed by atoms with Crippen molar-refractivity contribution in [1.82, 2.24) is 5.43 Å². The summed E-state index contributed by atoms with van der Waals surface area (Å²) in [4.78, 5) is 23.1. The molecule has 1 N–H and O–H groups in total. The summed E-state index contributed by atoms with van der Waals surface area (Å²) in [5.74, 6) is 0.443. The Bertz CT molecular complexity index is 1310. The van der Waals surface area contributed by atoms with Gasteiger partial charge in [-0.25, -0.2) is 5.43 Å². The lowest BCUT2D eigenvalue weighted by Gasteiger charge is -2.07. The number of hydrogen-bond acceptors (Lipinski definition) is 5. The smallest absolute Gasteiger partial charge is 0.280 e. The molecular formula is C23H16BrN3O4. The van der Waals surface area contributed by atoms with E-state index in [0.29, 0.717) is 17.1 Å². The Hall–Kier alpha value is -3.78. The third-order valence-electron chi connectivity index (χ3n) is 4.69. The number of amides is 1. The molecule has 8 heteroatoms. The van der Waals surface area contributed by atoms with Crippen LogP contribution in [0.15, 0.2) is 86.8 Å². The zero-order valence-electron chi connectivity index (χ0n) is 16.1. The quantitative estimate of drug-likeness (QED) is 0.226. The van der Waals surface area contributed by atoms with E-state index < -0.39 is 4.92 Å². The van der Waals surface area contributed by atoms with Gasteiger partial charge in [0.05, 0.1) is 23.1 Å². The standard InChI is InChI=1S/C23H16BrN3O4/c24-20-11-9-15(17-5-1-2-6-18(17)20)13-23(28)26-25-14-16-10-12-22(31-16)19-7-3-4-8-21(19)27(29)30/h1-12,14H,13H2,(H,26,28)/b25-14+. The second kappa shape index (κ2) is 8.93. The van der Waals surface area contributed by atoms with Crippen LogP contribution < -0.4 is 5.43 Å². The number of fused-ring (bicyclic) bond motifs is 1. The molecule has 1 amide bonds. The van der Waals surface area contributed by atoms with Crippen molar-refractivity contribution in [3.63, 3.8) is 0 Å². The minimum absolute atomic E-state index is 0.0460. The van der Waals surface area contributed by atoms with Gasteiger partial charge in [-0.2, -0.15) is 5.10 Å². The van der Waals surface area contributed by atoms with E-state index in [1.807, 2.05) is 36.4 Å². The molecular weight excluding hydrogens is 462 g/mol. The second-order valence-electron chi connectivity index (χ2n) is 6.70. The highest BCUT2D eigenvalue weighted by Crippen LogP contribution is 2.30. The van der Waals surface area contributed by atoms with Crippen LogP contribution in [0.25, 0.3) is 22.1 Å². The van der Waals surface area contributed by atoms with Crippen molar-refractivity contribution in [2.45, 2.75) is 6.42 Å². The van der Waals surface area contributed by atoms with E-state index in [-0.39, 0.29) is 18.0 Å². The maximum Gasteiger partial charge on any atom is 0.280 e. The number of benzene rings is 3. The Kier molecular flexibility index (Phi) is 5.90. The minimum atomic E-state index is -0.461. The highest BCUT2D eigenvalue weighted by atomic mass is 79.9. The molecule has 0 aliphatic heterocycles. The molecule has 0 unspecified atom stereocenters. The van der Waals surface area contributed by atoms with Crippen molar-refractivity contribution >= 4 is 44.5 Å². The molecule has 3 aromatic carbocycles. The number of furan rings is 1. The normalized spacial score (nSPS) is 11.1. The van der Waals surface area contributed by atoms with Gasteiger partial charge in [0.2, 0.25) is 5.91 Å². The number of nitrogens with zero attached hydrogens (tertiary/aromatic N) is 2. The number of rotatable bonds is 6. The molecule has 31 heavy (non-hydrogen) atoms. The van der Waals surface area contributed by atoms with Gasteiger partial charge in [0, 0.05) is 10.5 Å². The van der Waals surface area contributed by atoms with Gasteiger partial charge in [-0.15, -0.1) is 0 Å². The fourth-order valence-electron chi connectivity index (χ4n) is 3.27. The molecule has 0 spiro atoms. The van der Waals surface area contributed by atoms with Crippen LogP contribution in [0.3, 0.4) is 0 Å². The van der Waals surface area contributed by atoms with E-state index in [2.05, 4.69) is 26.5 Å². The molecule has 0 saturated heterocycles. The topological polar surface area (TPSA) is 97.7 Å². The molecule has 0 saturated carbocycles. The maximum absolute atomic E-state index is 12.3. The zero-order valence-corrected chi connectivity index (χ0v) is 17.7. The van der Waals surface area contributed by atoms with Crippen LogP contribution in [-0.2, 0) is 11.2 Å². The number of carbonyl (C=O) groups excluding carboxylic acids is 1. The summed E-state index contributed by atoms with van der Waals surface area (Å²) >= 11 is 3.52. The van der Waals surface area contributed by atoms with Gasteiger partial charge < -0.3 is 4.42 Å². The summed E-state index contributed by atoms with van der Waals surface area (Å²) in [6, 6.07) is 21.2. The lowest BCUT2D eigenvalue weighted by Crippen LogP contribution is -2.19. The number of nitro benzene ring substituents is 1. The first-order chi connectivity index (χ1) is 15.0. The van der Waals surface area contributed by atoms with Crippen molar-refractivity contribution in [1.29, 1.82) is 0 Å². The van der Waals surface area contributed by atoms with Crippen LogP contribution in [0.2, 0.25) is 0 Å². The maximum atomic E-state index is 12.3. The Morgan fingerprint density at radius 1 is 1.03 bits per heavy atom. The zero-order chi connectivity index (χ0) is 21.8. The Morgan fingerprint density at radius 2 is 1.77 bits per heavy atom. The van der Waals surface area contributed by atoms with Crippen molar-refractivity contribution in [2.24, 2.45) is 5.10 Å². The van der Waals surface area contributed by atoms with Gasteiger partial charge in [0.1, 0.15) is 11.5 Å². The number of nitrogens with one attached hydrogen (secondary N) is 1. The number of hydrogen-bond donors (Lipinski definition) is 1. The summed E-state index contributed by atoms with van der Waals surface area (Å²) in [5.41, 5.74) is 3.71. The first-order valence-electron chi connectivity index (χ1n) is 9.34. The fraction of sp³-hybridized carbons (Fsp3) is 0.0435. The van der Waals surface area contributed by atoms with Gasteiger partial charge in [-0.3, -0.25) is 14.9 Å². The molecule has 4 rings (SSSR count). The number of halogens is 1. The molecule has 1 aromatic heterocycles. The molecule has 0 fully saturated rings. The monoisotopic (exact) mass is 477 g/mol. The van der Waals surface area contributed by atoms with Gasteiger partial charge in [-0.1, -0.05) is 58.4 Å². The van der Waals surface area contributed by atoms with E-state index in [1.54, 1.807) is 30.3 Å². The Balaban J connectivity index is 1.44. The van der Waals surface area contributed by atoms with Crippen LogP contribution in [0.5, 0.6) is 0 Å². The molecule has 0 radical (unpaired) electrons. The Morgan fingerprint density at radius 3 is 2.58 bits per heavy atom. The third-order valence-corrected chi connectivity index (χ3v) is 5.38. The summed E-state index contributed by atoms with van der Waals surface area (Å²) in [5, 5.41) is 17.2. The molecule has 7 nitrogen and oxygen atoms in total. The average molecular weight is 478 g/mol. The van der Waals surface area contributed by atoms with Crippen LogP contribution in [-0.4, -0.2) is 17.0 Å². The van der Waals surface area contributed by atoms with E-state index in [0.717, 1.165) is 20.8 Å². The number of para-hydroxylation sites is 1. The molecule has 0 aliphatic rings. The molecule has 4 aromatic rings. The van der Waals surface area contributed by atoms with E-state index in [1.165, 1.54) is 12.3 Å². The molecule has 0 atom stereocenters. The number of carbonyl (C=O) groups is 1. The number of nitro groups is 1. The highest BCUT2D eigenvalue weighted by Gasteiger charge is 2.16. The van der Waals surface area contributed by atoms with Gasteiger partial charge in [0.25, 0.3) is 5.69 Å². The van der Waals surface area contributed by atoms with E-state index in [9.17, 15) is 14.9 Å². The van der Waals surface area contributed by atoms with Crippen LogP contribution >= 0.6 is 15.9 Å². The summed E-state index contributed by atoms with van der Waals surface area (Å²) in [7, 11) is 0. The second-order valence-corrected chi connectivity index (χ2v) is 7.55. The van der Waals surface area contributed by atoms with E-state index >= 15 is 0 Å². The first kappa shape index (κ1) is 20.5. The SMILES string of the molecule is O=C(Cc1ccc(Br)c2ccccc12)N/N=C/c1ccc(-c2ccccc2[N+](=O)[O-])o1. The Labute approximate surface area is 185 Å². The fourth-order valence-corrected chi connectivity index (χ4v) is 3.75. The largest absolute Gasteiger partial charge is 0.455 e. The number of hydrazone groups is 1. The molecule has 1 heterocycles. The van der Waals surface area contributed by atoms with Crippen molar-refractivity contribution in [2.75, 3.05) is 0 Å². The predicted molar refractivity (Wildman–Crippen MR) is 122 cm³/mol. The third kappa shape index (κ3) is 4.54. The first-order valence-corrected chi connectivity index (χ1v) is 10.1. The molecule has 154 valence electrons. The lowest BCUT2D eigenvalue weighted by atomic mass is 10.0. The average Bonchev–Trinajstić information content (AvgIpc) is 3.25. The van der Waals surface area contributed by atoms with Crippen LogP contribution in [0, 0.1) is 10.1 Å². The molecule has 0 aliphatic carbocycles. The van der Waals surface area contributed by atoms with Gasteiger partial charge in [0.15, 0.2) is 0 Å². The molecule has 0 bridgehead atoms. The van der Waals surface area contributed by atoms with E-state index in [4.69, 9.17) is 4.42 Å². The van der Waals surface area contributed by atoms with Gasteiger partial charge in [-0.05, 0) is 40.6 Å². The van der Waals surface area contributed by atoms with Crippen LogP contribution in [0.1, 0.15) is 11.3 Å². The van der Waals surface area contributed by atoms with Crippen molar-refractivity contribution in [3.8, 4) is 11.3 Å². The minimum Gasteiger partial charge on any atom is -0.455 e. The predicted octanol–water partition coefficient (Wildman–Crippen LogP) is 5.46.